The summed E-state index contributed by atoms with van der Waals surface area (Å²) in [6, 6.07) is 15.6. The van der Waals surface area contributed by atoms with Crippen molar-refractivity contribution in [2.75, 3.05) is 26.2 Å². The number of amides is 2. The highest BCUT2D eigenvalue weighted by atomic mass is 19.1. The number of piperazine rings is 1. The number of aromatic nitrogens is 2. The number of hydrogen-bond acceptors (Lipinski definition) is 3. The summed E-state index contributed by atoms with van der Waals surface area (Å²) in [5.74, 6) is -0.443. The average Bonchev–Trinajstić information content (AvgIpc) is 3.19. The Balaban J connectivity index is 1.70. The van der Waals surface area contributed by atoms with Gasteiger partial charge in [0.2, 0.25) is 5.91 Å². The van der Waals surface area contributed by atoms with Crippen LogP contribution in [0.25, 0.3) is 16.9 Å². The maximum Gasteiger partial charge on any atom is 0.272 e. The average molecular weight is 406 g/mol. The van der Waals surface area contributed by atoms with Crippen molar-refractivity contribution in [2.45, 2.75) is 13.8 Å². The third kappa shape index (κ3) is 3.96. The number of aryl methyl sites for hydroxylation is 1. The molecule has 3 aromatic rings. The van der Waals surface area contributed by atoms with Gasteiger partial charge in [0.05, 0.1) is 11.4 Å². The van der Waals surface area contributed by atoms with E-state index in [0.717, 1.165) is 16.8 Å². The fourth-order valence-corrected chi connectivity index (χ4v) is 3.56. The Labute approximate surface area is 174 Å². The van der Waals surface area contributed by atoms with Gasteiger partial charge >= 0.3 is 0 Å². The molecule has 0 bridgehead atoms. The molecule has 0 N–H and O–H groups in total. The van der Waals surface area contributed by atoms with Crippen molar-refractivity contribution < 1.29 is 14.0 Å². The zero-order valence-corrected chi connectivity index (χ0v) is 17.0. The van der Waals surface area contributed by atoms with E-state index in [1.807, 2.05) is 31.2 Å². The highest BCUT2D eigenvalue weighted by molar-refractivity contribution is 5.94. The molecule has 0 unspecified atom stereocenters. The molecule has 0 spiro atoms. The molecule has 1 aromatic heterocycles. The van der Waals surface area contributed by atoms with Gasteiger partial charge < -0.3 is 9.80 Å². The van der Waals surface area contributed by atoms with E-state index in [4.69, 9.17) is 0 Å². The summed E-state index contributed by atoms with van der Waals surface area (Å²) < 4.78 is 15.0. The van der Waals surface area contributed by atoms with Crippen molar-refractivity contribution in [2.24, 2.45) is 0 Å². The monoisotopic (exact) mass is 406 g/mol. The smallest absolute Gasteiger partial charge is 0.272 e. The lowest BCUT2D eigenvalue weighted by molar-refractivity contribution is -0.130. The van der Waals surface area contributed by atoms with E-state index < -0.39 is 0 Å². The van der Waals surface area contributed by atoms with Crippen LogP contribution in [0.4, 0.5) is 4.39 Å². The fourth-order valence-electron chi connectivity index (χ4n) is 3.56. The van der Waals surface area contributed by atoms with Crippen molar-refractivity contribution >= 4 is 11.8 Å². The van der Waals surface area contributed by atoms with E-state index >= 15 is 0 Å². The lowest BCUT2D eigenvalue weighted by Gasteiger charge is -2.34. The Morgan fingerprint density at radius 2 is 1.50 bits per heavy atom. The Bertz CT molecular complexity index is 1070. The molecule has 0 radical (unpaired) electrons. The number of rotatable bonds is 3. The van der Waals surface area contributed by atoms with Crippen molar-refractivity contribution in [3.8, 4) is 16.9 Å². The maximum atomic E-state index is 13.3. The van der Waals surface area contributed by atoms with E-state index in [1.54, 1.807) is 39.6 Å². The van der Waals surface area contributed by atoms with Gasteiger partial charge in [-0.1, -0.05) is 17.7 Å². The minimum absolute atomic E-state index is 0.0189. The molecule has 0 saturated carbocycles. The molecule has 2 aromatic carbocycles. The SMILES string of the molecule is CC(=O)N1CCN(C(=O)c2cc(-c3ccc(F)cc3)nn2-c2ccc(C)cc2)CC1. The molecule has 30 heavy (non-hydrogen) atoms. The van der Waals surface area contributed by atoms with Crippen LogP contribution in [0, 0.1) is 12.7 Å². The van der Waals surface area contributed by atoms with Crippen LogP contribution in [0.3, 0.4) is 0 Å². The number of carbonyl (C=O) groups excluding carboxylic acids is 2. The minimum Gasteiger partial charge on any atom is -0.339 e. The van der Waals surface area contributed by atoms with Crippen LogP contribution in [0.1, 0.15) is 23.0 Å². The molecule has 0 atom stereocenters. The van der Waals surface area contributed by atoms with Gasteiger partial charge in [0.25, 0.3) is 5.91 Å². The lowest BCUT2D eigenvalue weighted by atomic mass is 10.1. The predicted molar refractivity (Wildman–Crippen MR) is 112 cm³/mol. The van der Waals surface area contributed by atoms with Gasteiger partial charge in [0, 0.05) is 38.7 Å². The summed E-state index contributed by atoms with van der Waals surface area (Å²) in [6.45, 7) is 5.53. The van der Waals surface area contributed by atoms with Gasteiger partial charge in [-0.3, -0.25) is 9.59 Å². The number of halogens is 1. The van der Waals surface area contributed by atoms with E-state index in [2.05, 4.69) is 5.10 Å². The molecule has 2 amide bonds. The van der Waals surface area contributed by atoms with Crippen LogP contribution in [0.15, 0.2) is 54.6 Å². The Morgan fingerprint density at radius 3 is 2.10 bits per heavy atom. The van der Waals surface area contributed by atoms with Crippen LogP contribution in [0.5, 0.6) is 0 Å². The first kappa shape index (κ1) is 19.8. The van der Waals surface area contributed by atoms with Gasteiger partial charge in [-0.05, 0) is 49.4 Å². The van der Waals surface area contributed by atoms with Crippen LogP contribution in [-0.4, -0.2) is 57.6 Å². The quantitative estimate of drug-likeness (QED) is 0.671. The summed E-state index contributed by atoms with van der Waals surface area (Å²) in [5.41, 5.74) is 3.66. The van der Waals surface area contributed by atoms with E-state index in [9.17, 15) is 14.0 Å². The molecule has 7 heteroatoms. The summed E-state index contributed by atoms with van der Waals surface area (Å²) in [5, 5.41) is 4.65. The number of nitrogens with zero attached hydrogens (tertiary/aromatic N) is 4. The minimum atomic E-state index is -0.323. The second kappa shape index (κ2) is 8.10. The molecular weight excluding hydrogens is 383 g/mol. The first-order valence-corrected chi connectivity index (χ1v) is 9.90. The van der Waals surface area contributed by atoms with Gasteiger partial charge in [-0.25, -0.2) is 9.07 Å². The number of carbonyl (C=O) groups is 2. The molecule has 1 fully saturated rings. The number of benzene rings is 2. The maximum absolute atomic E-state index is 13.3. The summed E-state index contributed by atoms with van der Waals surface area (Å²) in [6.07, 6.45) is 0. The van der Waals surface area contributed by atoms with Crippen LogP contribution in [0.2, 0.25) is 0 Å². The second-order valence-electron chi connectivity index (χ2n) is 7.47. The third-order valence-electron chi connectivity index (χ3n) is 5.36. The predicted octanol–water partition coefficient (Wildman–Crippen LogP) is 3.29. The van der Waals surface area contributed by atoms with Gasteiger partial charge in [-0.15, -0.1) is 0 Å². The highest BCUT2D eigenvalue weighted by Crippen LogP contribution is 2.24. The third-order valence-corrected chi connectivity index (χ3v) is 5.36. The molecule has 2 heterocycles. The molecule has 1 aliphatic heterocycles. The molecular formula is C23H23FN4O2. The second-order valence-corrected chi connectivity index (χ2v) is 7.47. The van der Waals surface area contributed by atoms with Crippen LogP contribution in [-0.2, 0) is 4.79 Å². The van der Waals surface area contributed by atoms with E-state index in [0.29, 0.717) is 37.6 Å². The topological polar surface area (TPSA) is 58.4 Å². The van der Waals surface area contributed by atoms with Crippen molar-refractivity contribution in [3.05, 3.63) is 71.7 Å². The van der Waals surface area contributed by atoms with Gasteiger partial charge in [-0.2, -0.15) is 5.10 Å². The fraction of sp³-hybridized carbons (Fsp3) is 0.261. The van der Waals surface area contributed by atoms with Crippen molar-refractivity contribution in [1.82, 2.24) is 19.6 Å². The molecule has 1 saturated heterocycles. The summed E-state index contributed by atoms with van der Waals surface area (Å²) in [4.78, 5) is 28.4. The van der Waals surface area contributed by atoms with Crippen LogP contribution >= 0.6 is 0 Å². The zero-order valence-electron chi connectivity index (χ0n) is 17.0. The van der Waals surface area contributed by atoms with Crippen molar-refractivity contribution in [1.29, 1.82) is 0 Å². The van der Waals surface area contributed by atoms with Crippen molar-refractivity contribution in [3.63, 3.8) is 0 Å². The standard InChI is InChI=1S/C23H23FN4O2/c1-16-3-9-20(10-4-16)28-22(15-21(25-28)18-5-7-19(24)8-6-18)23(30)27-13-11-26(12-14-27)17(2)29/h3-10,15H,11-14H2,1-2H3. The summed E-state index contributed by atoms with van der Waals surface area (Å²) >= 11 is 0. The molecule has 6 nitrogen and oxygen atoms in total. The lowest BCUT2D eigenvalue weighted by Crippen LogP contribution is -2.50. The summed E-state index contributed by atoms with van der Waals surface area (Å²) in [7, 11) is 0. The molecule has 154 valence electrons. The molecule has 4 rings (SSSR count). The zero-order chi connectivity index (χ0) is 21.3. The Kier molecular flexibility index (Phi) is 5.35. The Morgan fingerprint density at radius 1 is 0.900 bits per heavy atom. The van der Waals surface area contributed by atoms with E-state index in [-0.39, 0.29) is 17.6 Å². The largest absolute Gasteiger partial charge is 0.339 e. The number of hydrogen-bond donors (Lipinski definition) is 0. The molecule has 1 aliphatic rings. The van der Waals surface area contributed by atoms with Crippen LogP contribution < -0.4 is 0 Å². The van der Waals surface area contributed by atoms with Gasteiger partial charge in [0.15, 0.2) is 0 Å². The first-order chi connectivity index (χ1) is 14.4. The normalized spacial score (nSPS) is 14.1. The van der Waals surface area contributed by atoms with Gasteiger partial charge in [0.1, 0.15) is 11.5 Å². The Hall–Kier alpha value is -3.48. The first-order valence-electron chi connectivity index (χ1n) is 9.90. The highest BCUT2D eigenvalue weighted by Gasteiger charge is 2.27. The molecule has 0 aliphatic carbocycles. The van der Waals surface area contributed by atoms with E-state index in [1.165, 1.54) is 12.1 Å².